The molecule has 5 heteroatoms. The van der Waals surface area contributed by atoms with Crippen molar-refractivity contribution in [2.24, 2.45) is 0 Å². The highest BCUT2D eigenvalue weighted by atomic mass is 16.2. The summed E-state index contributed by atoms with van der Waals surface area (Å²) in [6, 6.07) is 18.5. The number of benzene rings is 2. The molecule has 2 amide bonds. The molecule has 1 N–H and O–H groups in total. The average Bonchev–Trinajstić information content (AvgIpc) is 3.54. The van der Waals surface area contributed by atoms with E-state index in [4.69, 9.17) is 0 Å². The van der Waals surface area contributed by atoms with Crippen molar-refractivity contribution in [3.05, 3.63) is 71.9 Å². The van der Waals surface area contributed by atoms with Crippen LogP contribution in [0, 0.1) is 0 Å². The molecule has 0 radical (unpaired) electrons. The monoisotopic (exact) mass is 403 g/mol. The number of rotatable bonds is 9. The summed E-state index contributed by atoms with van der Waals surface area (Å²) in [5.41, 5.74) is 3.42. The molecule has 0 unspecified atom stereocenters. The minimum Gasteiger partial charge on any atom is -0.361 e. The zero-order chi connectivity index (χ0) is 20.9. The maximum absolute atomic E-state index is 13.3. The fourth-order valence-electron chi connectivity index (χ4n) is 3.95. The van der Waals surface area contributed by atoms with Crippen LogP contribution in [0.25, 0.3) is 10.9 Å². The molecule has 1 fully saturated rings. The van der Waals surface area contributed by atoms with Gasteiger partial charge in [-0.2, -0.15) is 0 Å². The van der Waals surface area contributed by atoms with Crippen molar-refractivity contribution in [3.8, 4) is 0 Å². The van der Waals surface area contributed by atoms with Gasteiger partial charge in [0.15, 0.2) is 0 Å². The van der Waals surface area contributed by atoms with Gasteiger partial charge in [0, 0.05) is 42.7 Å². The van der Waals surface area contributed by atoms with Gasteiger partial charge in [-0.15, -0.1) is 0 Å². The molecular formula is C25H29N3O2. The molecule has 0 atom stereocenters. The van der Waals surface area contributed by atoms with E-state index >= 15 is 0 Å². The van der Waals surface area contributed by atoms with Crippen molar-refractivity contribution < 1.29 is 9.59 Å². The Bertz CT molecular complexity index is 1010. The van der Waals surface area contributed by atoms with Crippen LogP contribution in [-0.2, 0) is 22.6 Å². The van der Waals surface area contributed by atoms with Gasteiger partial charge in [-0.3, -0.25) is 9.59 Å². The molecule has 0 aliphatic heterocycles. The second-order valence-corrected chi connectivity index (χ2v) is 8.02. The topological polar surface area (TPSA) is 56.4 Å². The molecule has 1 aromatic heterocycles. The third-order valence-corrected chi connectivity index (χ3v) is 5.81. The van der Waals surface area contributed by atoms with E-state index in [9.17, 15) is 9.59 Å². The van der Waals surface area contributed by atoms with E-state index in [0.717, 1.165) is 30.3 Å². The van der Waals surface area contributed by atoms with Crippen molar-refractivity contribution in [1.82, 2.24) is 14.8 Å². The number of nitrogens with one attached hydrogen (secondary N) is 1. The van der Waals surface area contributed by atoms with Crippen LogP contribution in [-0.4, -0.2) is 45.7 Å². The van der Waals surface area contributed by atoms with E-state index in [-0.39, 0.29) is 24.4 Å². The van der Waals surface area contributed by atoms with Crippen molar-refractivity contribution in [3.63, 3.8) is 0 Å². The van der Waals surface area contributed by atoms with Gasteiger partial charge in [0.05, 0.1) is 0 Å². The van der Waals surface area contributed by atoms with Crippen LogP contribution in [0.2, 0.25) is 0 Å². The Morgan fingerprint density at radius 1 is 1.00 bits per heavy atom. The summed E-state index contributed by atoms with van der Waals surface area (Å²) in [5, 5.41) is 1.20. The summed E-state index contributed by atoms with van der Waals surface area (Å²) >= 11 is 0. The van der Waals surface area contributed by atoms with Crippen LogP contribution in [0.3, 0.4) is 0 Å². The Hall–Kier alpha value is -3.08. The average molecular weight is 404 g/mol. The molecule has 5 nitrogen and oxygen atoms in total. The molecule has 1 aliphatic carbocycles. The van der Waals surface area contributed by atoms with Gasteiger partial charge >= 0.3 is 0 Å². The molecule has 1 saturated carbocycles. The van der Waals surface area contributed by atoms with E-state index in [2.05, 4.69) is 17.1 Å². The first-order valence-electron chi connectivity index (χ1n) is 10.8. The fraction of sp³-hybridized carbons (Fsp3) is 0.360. The highest BCUT2D eigenvalue weighted by Crippen LogP contribution is 2.27. The van der Waals surface area contributed by atoms with Gasteiger partial charge in [0.25, 0.3) is 0 Å². The number of fused-ring (bicyclic) bond motifs is 1. The Labute approximate surface area is 177 Å². The third-order valence-electron chi connectivity index (χ3n) is 5.81. The maximum Gasteiger partial charge on any atom is 0.242 e. The maximum atomic E-state index is 13.3. The minimum atomic E-state index is 0.0207. The largest absolute Gasteiger partial charge is 0.361 e. The van der Waals surface area contributed by atoms with Crippen LogP contribution in [0.5, 0.6) is 0 Å². The highest BCUT2D eigenvalue weighted by Gasteiger charge is 2.34. The molecule has 0 bridgehead atoms. The summed E-state index contributed by atoms with van der Waals surface area (Å²) < 4.78 is 0. The first-order valence-corrected chi connectivity index (χ1v) is 10.8. The number of aromatic amines is 1. The van der Waals surface area contributed by atoms with Crippen molar-refractivity contribution in [2.45, 2.75) is 45.2 Å². The lowest BCUT2D eigenvalue weighted by molar-refractivity contribution is -0.141. The van der Waals surface area contributed by atoms with Crippen LogP contribution in [0.1, 0.15) is 37.3 Å². The summed E-state index contributed by atoms with van der Waals surface area (Å²) in [7, 11) is 0. The van der Waals surface area contributed by atoms with E-state index in [1.165, 1.54) is 10.9 Å². The quantitative estimate of drug-likeness (QED) is 0.584. The molecule has 0 spiro atoms. The number of carbonyl (C=O) groups excluding carboxylic acids is 2. The lowest BCUT2D eigenvalue weighted by Gasteiger charge is -2.28. The summed E-state index contributed by atoms with van der Waals surface area (Å²) in [6.45, 7) is 3.22. The number of aromatic nitrogens is 1. The number of hydrogen-bond donors (Lipinski definition) is 1. The summed E-state index contributed by atoms with van der Waals surface area (Å²) in [6.07, 6.45) is 5.26. The van der Waals surface area contributed by atoms with E-state index in [1.807, 2.05) is 60.5 Å². The van der Waals surface area contributed by atoms with Gasteiger partial charge in [-0.25, -0.2) is 0 Å². The second kappa shape index (κ2) is 9.16. The van der Waals surface area contributed by atoms with E-state index in [1.54, 1.807) is 4.90 Å². The highest BCUT2D eigenvalue weighted by molar-refractivity contribution is 5.85. The first kappa shape index (κ1) is 20.2. The smallest absolute Gasteiger partial charge is 0.242 e. The molecule has 3 aromatic rings. The SMILES string of the molecule is CCC(=O)N(CC(=O)N(CCc1c[nH]c2ccccc12)Cc1ccccc1)C1CC1. The molecule has 2 aromatic carbocycles. The van der Waals surface area contributed by atoms with Crippen LogP contribution >= 0.6 is 0 Å². The van der Waals surface area contributed by atoms with Gasteiger partial charge < -0.3 is 14.8 Å². The lowest BCUT2D eigenvalue weighted by atomic mass is 10.1. The number of hydrogen-bond acceptors (Lipinski definition) is 2. The number of nitrogens with zero attached hydrogens (tertiary/aromatic N) is 2. The molecule has 1 aliphatic rings. The summed E-state index contributed by atoms with van der Waals surface area (Å²) in [4.78, 5) is 32.6. The fourth-order valence-corrected chi connectivity index (χ4v) is 3.95. The number of amides is 2. The summed E-state index contributed by atoms with van der Waals surface area (Å²) in [5.74, 6) is 0.0922. The first-order chi connectivity index (χ1) is 14.7. The van der Waals surface area contributed by atoms with Crippen molar-refractivity contribution >= 4 is 22.7 Å². The Kier molecular flexibility index (Phi) is 6.17. The molecular weight excluding hydrogens is 374 g/mol. The zero-order valence-electron chi connectivity index (χ0n) is 17.5. The molecule has 0 saturated heterocycles. The van der Waals surface area contributed by atoms with E-state index < -0.39 is 0 Å². The Morgan fingerprint density at radius 3 is 2.47 bits per heavy atom. The van der Waals surface area contributed by atoms with Crippen molar-refractivity contribution in [2.75, 3.05) is 13.1 Å². The van der Waals surface area contributed by atoms with Gasteiger partial charge in [-0.1, -0.05) is 55.5 Å². The van der Waals surface area contributed by atoms with Crippen LogP contribution < -0.4 is 0 Å². The van der Waals surface area contributed by atoms with Crippen LogP contribution in [0.4, 0.5) is 0 Å². The normalized spacial score (nSPS) is 13.4. The molecule has 156 valence electrons. The zero-order valence-corrected chi connectivity index (χ0v) is 17.5. The number of H-pyrrole nitrogens is 1. The lowest BCUT2D eigenvalue weighted by Crippen LogP contribution is -2.44. The number of carbonyl (C=O) groups is 2. The third kappa shape index (κ3) is 4.73. The van der Waals surface area contributed by atoms with Gasteiger partial charge in [-0.05, 0) is 36.5 Å². The Balaban J connectivity index is 1.49. The predicted octanol–water partition coefficient (Wildman–Crippen LogP) is 4.14. The molecule has 4 rings (SSSR count). The van der Waals surface area contributed by atoms with Crippen LogP contribution in [0.15, 0.2) is 60.8 Å². The standard InChI is InChI=1S/C25H29N3O2/c1-2-24(29)28(21-12-13-21)18-25(30)27(17-19-8-4-3-5-9-19)15-14-20-16-26-23-11-7-6-10-22(20)23/h3-11,16,21,26H,2,12-15,17-18H2,1H3. The second-order valence-electron chi connectivity index (χ2n) is 8.02. The van der Waals surface area contributed by atoms with Gasteiger partial charge in [0.1, 0.15) is 6.54 Å². The minimum absolute atomic E-state index is 0.0207. The van der Waals surface area contributed by atoms with Crippen molar-refractivity contribution in [1.29, 1.82) is 0 Å². The molecule has 1 heterocycles. The number of para-hydroxylation sites is 1. The molecule has 30 heavy (non-hydrogen) atoms. The predicted molar refractivity (Wildman–Crippen MR) is 119 cm³/mol. The van der Waals surface area contributed by atoms with E-state index in [0.29, 0.717) is 19.5 Å². The Morgan fingerprint density at radius 2 is 1.73 bits per heavy atom. The van der Waals surface area contributed by atoms with Gasteiger partial charge in [0.2, 0.25) is 11.8 Å².